The molecule has 0 aliphatic rings. The summed E-state index contributed by atoms with van der Waals surface area (Å²) in [7, 11) is 0. The van der Waals surface area contributed by atoms with Crippen molar-refractivity contribution in [2.45, 2.75) is 13.5 Å². The highest BCUT2D eigenvalue weighted by molar-refractivity contribution is 5.77. The van der Waals surface area contributed by atoms with E-state index in [9.17, 15) is 9.18 Å². The lowest BCUT2D eigenvalue weighted by atomic mass is 10.3. The zero-order chi connectivity index (χ0) is 10.1. The van der Waals surface area contributed by atoms with Crippen molar-refractivity contribution in [1.82, 2.24) is 9.55 Å². The number of benzene rings is 1. The van der Waals surface area contributed by atoms with E-state index in [0.717, 1.165) is 6.29 Å². The molecule has 72 valence electrons. The van der Waals surface area contributed by atoms with Gasteiger partial charge in [-0.2, -0.15) is 0 Å². The lowest BCUT2D eigenvalue weighted by Crippen LogP contribution is -2.02. The van der Waals surface area contributed by atoms with Gasteiger partial charge in [0.15, 0.2) is 0 Å². The molecule has 0 aliphatic carbocycles. The first-order valence-corrected chi connectivity index (χ1v) is 4.29. The molecule has 0 bridgehead atoms. The summed E-state index contributed by atoms with van der Waals surface area (Å²) in [6, 6.07) is 4.70. The van der Waals surface area contributed by atoms with E-state index >= 15 is 0 Å². The molecule has 0 N–H and O–H groups in total. The third-order valence-corrected chi connectivity index (χ3v) is 2.17. The summed E-state index contributed by atoms with van der Waals surface area (Å²) in [5, 5.41) is 0. The molecule has 0 spiro atoms. The van der Waals surface area contributed by atoms with Crippen molar-refractivity contribution in [3.8, 4) is 0 Å². The maximum absolute atomic E-state index is 13.4. The third kappa shape index (κ3) is 1.19. The molecule has 1 heterocycles. The average Bonchev–Trinajstić information content (AvgIpc) is 2.45. The first-order valence-electron chi connectivity index (χ1n) is 4.29. The molecule has 0 saturated carbocycles. The van der Waals surface area contributed by atoms with Gasteiger partial charge in [-0.3, -0.25) is 0 Å². The molecule has 0 radical (unpaired) electrons. The van der Waals surface area contributed by atoms with Crippen molar-refractivity contribution in [2.75, 3.05) is 0 Å². The number of aldehydes is 1. The molecule has 3 nitrogen and oxygen atoms in total. The van der Waals surface area contributed by atoms with Crippen LogP contribution in [0.25, 0.3) is 11.0 Å². The number of fused-ring (bicyclic) bond motifs is 1. The van der Waals surface area contributed by atoms with Gasteiger partial charge in [0.25, 0.3) is 0 Å². The lowest BCUT2D eigenvalue weighted by molar-refractivity contribution is -0.108. The van der Waals surface area contributed by atoms with Gasteiger partial charge in [-0.05, 0) is 19.1 Å². The molecule has 0 amide bonds. The van der Waals surface area contributed by atoms with E-state index in [0.29, 0.717) is 16.9 Å². The second kappa shape index (κ2) is 3.21. The largest absolute Gasteiger partial charge is 0.319 e. The third-order valence-electron chi connectivity index (χ3n) is 2.17. The van der Waals surface area contributed by atoms with E-state index in [1.165, 1.54) is 6.07 Å². The molecule has 4 heteroatoms. The monoisotopic (exact) mass is 192 g/mol. The Balaban J connectivity index is 2.79. The Kier molecular flexibility index (Phi) is 2.04. The van der Waals surface area contributed by atoms with Crippen molar-refractivity contribution in [3.05, 3.63) is 29.8 Å². The second-order valence-corrected chi connectivity index (χ2v) is 3.04. The first-order chi connectivity index (χ1) is 6.74. The Bertz CT molecular complexity index is 490. The maximum atomic E-state index is 13.4. The Hall–Kier alpha value is -1.71. The SMILES string of the molecule is Cc1nc2cccc(F)c2n1CC=O. The van der Waals surface area contributed by atoms with Crippen LogP contribution in [0.2, 0.25) is 0 Å². The minimum absolute atomic E-state index is 0.142. The smallest absolute Gasteiger partial charge is 0.149 e. The van der Waals surface area contributed by atoms with Crippen LogP contribution in [-0.2, 0) is 11.3 Å². The number of hydrogen-bond acceptors (Lipinski definition) is 2. The molecule has 0 unspecified atom stereocenters. The van der Waals surface area contributed by atoms with Crippen LogP contribution >= 0.6 is 0 Å². The second-order valence-electron chi connectivity index (χ2n) is 3.04. The summed E-state index contributed by atoms with van der Waals surface area (Å²) < 4.78 is 15.0. The predicted octanol–water partition coefficient (Wildman–Crippen LogP) is 1.68. The summed E-state index contributed by atoms with van der Waals surface area (Å²) in [5.41, 5.74) is 0.987. The summed E-state index contributed by atoms with van der Waals surface area (Å²) in [6.45, 7) is 1.90. The topological polar surface area (TPSA) is 34.9 Å². The predicted molar refractivity (Wildman–Crippen MR) is 50.5 cm³/mol. The molecule has 14 heavy (non-hydrogen) atoms. The number of nitrogens with zero attached hydrogens (tertiary/aromatic N) is 2. The van der Waals surface area contributed by atoms with E-state index < -0.39 is 0 Å². The molecular formula is C10H9FN2O. The van der Waals surface area contributed by atoms with Crippen molar-refractivity contribution >= 4 is 17.3 Å². The van der Waals surface area contributed by atoms with E-state index in [2.05, 4.69) is 4.98 Å². The zero-order valence-corrected chi connectivity index (χ0v) is 7.70. The van der Waals surface area contributed by atoms with E-state index in [1.54, 1.807) is 23.6 Å². The molecule has 0 aliphatic heterocycles. The average molecular weight is 192 g/mol. The van der Waals surface area contributed by atoms with Crippen LogP contribution in [0.1, 0.15) is 5.82 Å². The van der Waals surface area contributed by atoms with Gasteiger partial charge < -0.3 is 9.36 Å². The number of carbonyl (C=O) groups is 1. The molecule has 0 saturated heterocycles. The van der Waals surface area contributed by atoms with Crippen molar-refractivity contribution < 1.29 is 9.18 Å². The van der Waals surface area contributed by atoms with Gasteiger partial charge in [0.1, 0.15) is 23.4 Å². The molecule has 2 rings (SSSR count). The fraction of sp³-hybridized carbons (Fsp3) is 0.200. The highest BCUT2D eigenvalue weighted by Crippen LogP contribution is 2.18. The molecule has 1 aromatic heterocycles. The van der Waals surface area contributed by atoms with Gasteiger partial charge in [-0.1, -0.05) is 6.07 Å². The Morgan fingerprint density at radius 1 is 1.57 bits per heavy atom. The summed E-state index contributed by atoms with van der Waals surface area (Å²) in [4.78, 5) is 14.6. The van der Waals surface area contributed by atoms with Crippen LogP contribution in [0.5, 0.6) is 0 Å². The number of halogens is 1. The number of para-hydroxylation sites is 1. The van der Waals surface area contributed by atoms with E-state index in [4.69, 9.17) is 0 Å². The van der Waals surface area contributed by atoms with Gasteiger partial charge in [-0.15, -0.1) is 0 Å². The van der Waals surface area contributed by atoms with Crippen LogP contribution in [0.15, 0.2) is 18.2 Å². The van der Waals surface area contributed by atoms with Gasteiger partial charge in [-0.25, -0.2) is 9.37 Å². The van der Waals surface area contributed by atoms with Gasteiger partial charge >= 0.3 is 0 Å². The van der Waals surface area contributed by atoms with Crippen LogP contribution < -0.4 is 0 Å². The minimum Gasteiger partial charge on any atom is -0.319 e. The molecule has 2 aromatic rings. The fourth-order valence-corrected chi connectivity index (χ4v) is 1.56. The number of aromatic nitrogens is 2. The van der Waals surface area contributed by atoms with Crippen LogP contribution in [-0.4, -0.2) is 15.8 Å². The van der Waals surface area contributed by atoms with Gasteiger partial charge in [0.05, 0.1) is 12.1 Å². The standard InChI is InChI=1S/C10H9FN2O/c1-7-12-9-4-2-3-8(11)10(9)13(7)5-6-14/h2-4,6H,5H2,1H3. The van der Waals surface area contributed by atoms with E-state index in [-0.39, 0.29) is 12.4 Å². The highest BCUT2D eigenvalue weighted by atomic mass is 19.1. The number of hydrogen-bond donors (Lipinski definition) is 0. The Morgan fingerprint density at radius 3 is 3.07 bits per heavy atom. The fourth-order valence-electron chi connectivity index (χ4n) is 1.56. The van der Waals surface area contributed by atoms with Gasteiger partial charge in [0.2, 0.25) is 0 Å². The first kappa shape index (κ1) is 8.87. The maximum Gasteiger partial charge on any atom is 0.149 e. The number of rotatable bonds is 2. The number of imidazole rings is 1. The highest BCUT2D eigenvalue weighted by Gasteiger charge is 2.10. The van der Waals surface area contributed by atoms with Crippen LogP contribution in [0, 0.1) is 12.7 Å². The van der Waals surface area contributed by atoms with Gasteiger partial charge in [0, 0.05) is 0 Å². The number of aryl methyl sites for hydroxylation is 1. The van der Waals surface area contributed by atoms with E-state index in [1.807, 2.05) is 0 Å². The summed E-state index contributed by atoms with van der Waals surface area (Å²) in [5.74, 6) is 0.308. The molecule has 1 aromatic carbocycles. The normalized spacial score (nSPS) is 10.7. The lowest BCUT2D eigenvalue weighted by Gasteiger charge is -2.00. The number of carbonyl (C=O) groups excluding carboxylic acids is 1. The van der Waals surface area contributed by atoms with Crippen LogP contribution in [0.3, 0.4) is 0 Å². The quantitative estimate of drug-likeness (QED) is 0.678. The Morgan fingerprint density at radius 2 is 2.36 bits per heavy atom. The molecular weight excluding hydrogens is 183 g/mol. The molecule has 0 atom stereocenters. The van der Waals surface area contributed by atoms with Crippen molar-refractivity contribution in [3.63, 3.8) is 0 Å². The minimum atomic E-state index is -0.343. The van der Waals surface area contributed by atoms with Crippen molar-refractivity contribution in [2.24, 2.45) is 0 Å². The molecule has 0 fully saturated rings. The zero-order valence-electron chi connectivity index (χ0n) is 7.70. The van der Waals surface area contributed by atoms with Crippen LogP contribution in [0.4, 0.5) is 4.39 Å². The Labute approximate surface area is 80.2 Å². The summed E-state index contributed by atoms with van der Waals surface area (Å²) in [6.07, 6.45) is 0.737. The van der Waals surface area contributed by atoms with Crippen molar-refractivity contribution in [1.29, 1.82) is 0 Å². The summed E-state index contributed by atoms with van der Waals surface area (Å²) >= 11 is 0.